The molecule has 0 saturated heterocycles. The summed E-state index contributed by atoms with van der Waals surface area (Å²) in [7, 11) is 0. The van der Waals surface area contributed by atoms with Crippen molar-refractivity contribution in [1.29, 1.82) is 0 Å². The summed E-state index contributed by atoms with van der Waals surface area (Å²) in [6, 6.07) is 39.9. The lowest BCUT2D eigenvalue weighted by atomic mass is 10.0. The fourth-order valence-corrected chi connectivity index (χ4v) is 7.30. The average Bonchev–Trinajstić information content (AvgIpc) is 3.91. The first-order chi connectivity index (χ1) is 27.3. The SMILES string of the molecule is [2H]c1c([2H])c([2H])c(-c2nc(-c3ccccc3)nc(-c3ccc4c(c3)oc3ccc5oc6cc(-n7c8ccccc8c8ccccc87)ccc6c5c34)n2)c([2H])c1[2H]. The van der Waals surface area contributed by atoms with Crippen LogP contribution < -0.4 is 0 Å². The lowest BCUT2D eigenvalue weighted by Crippen LogP contribution is -2.00. The summed E-state index contributed by atoms with van der Waals surface area (Å²) in [6.45, 7) is 0. The van der Waals surface area contributed by atoms with Gasteiger partial charge in [0.05, 0.1) is 17.9 Å². The van der Waals surface area contributed by atoms with E-state index < -0.39 is 30.2 Å². The summed E-state index contributed by atoms with van der Waals surface area (Å²) in [5, 5.41) is 6.11. The van der Waals surface area contributed by atoms with Crippen molar-refractivity contribution < 1.29 is 15.7 Å². The molecule has 0 aliphatic heterocycles. The maximum absolute atomic E-state index is 8.62. The summed E-state index contributed by atoms with van der Waals surface area (Å²) in [5.74, 6) is 0.538. The van der Waals surface area contributed by atoms with Gasteiger partial charge in [-0.05, 0) is 48.5 Å². The fraction of sp³-hybridized carbons (Fsp3) is 0. The van der Waals surface area contributed by atoms with Crippen molar-refractivity contribution in [2.45, 2.75) is 0 Å². The van der Waals surface area contributed by atoms with Crippen LogP contribution in [0.25, 0.3) is 106 Å². The van der Waals surface area contributed by atoms with E-state index in [0.717, 1.165) is 49.4 Å². The quantitative estimate of drug-likeness (QED) is 0.188. The average molecular weight is 660 g/mol. The van der Waals surface area contributed by atoms with E-state index in [1.165, 1.54) is 10.8 Å². The fourth-order valence-electron chi connectivity index (χ4n) is 7.30. The largest absolute Gasteiger partial charge is 0.456 e. The second-order valence-corrected chi connectivity index (χ2v) is 12.4. The Morgan fingerprint density at radius 2 is 0.980 bits per heavy atom. The molecule has 0 saturated carbocycles. The number of hydrogen-bond acceptors (Lipinski definition) is 5. The molecule has 0 aliphatic carbocycles. The normalized spacial score (nSPS) is 13.3. The van der Waals surface area contributed by atoms with Crippen molar-refractivity contribution in [2.24, 2.45) is 0 Å². The van der Waals surface area contributed by atoms with Crippen molar-refractivity contribution in [3.63, 3.8) is 0 Å². The zero-order valence-corrected chi connectivity index (χ0v) is 26.7. The highest BCUT2D eigenvalue weighted by Crippen LogP contribution is 2.42. The van der Waals surface area contributed by atoms with E-state index in [2.05, 4.69) is 76.3 Å². The standard InChI is InChI=1S/C45H26N4O2/c1-3-11-27(12-4-1)43-46-44(28-13-5-2-6-14-28)48-45(47-43)29-19-21-33-39(25-29)50-37-23-24-38-42(41(33)37)34-22-20-30(26-40(34)51-38)49-35-17-9-7-15-31(35)32-16-8-10-18-36(32)49/h1-26H/i1D,3D,4D,11D,12D. The highest BCUT2D eigenvalue weighted by atomic mass is 16.3. The van der Waals surface area contributed by atoms with Crippen molar-refractivity contribution in [2.75, 3.05) is 0 Å². The third kappa shape index (κ3) is 4.26. The van der Waals surface area contributed by atoms with E-state index in [1.807, 2.05) is 60.7 Å². The third-order valence-corrected chi connectivity index (χ3v) is 9.54. The van der Waals surface area contributed by atoms with Crippen LogP contribution in [0.5, 0.6) is 0 Å². The third-order valence-electron chi connectivity index (χ3n) is 9.54. The summed E-state index contributed by atoms with van der Waals surface area (Å²) in [6.07, 6.45) is 0. The van der Waals surface area contributed by atoms with Gasteiger partial charge in [-0.2, -0.15) is 0 Å². The monoisotopic (exact) mass is 659 g/mol. The predicted octanol–water partition coefficient (Wildman–Crippen LogP) is 11.8. The van der Waals surface area contributed by atoms with Crippen LogP contribution in [-0.4, -0.2) is 19.5 Å². The molecule has 0 fully saturated rings. The molecule has 51 heavy (non-hydrogen) atoms. The lowest BCUT2D eigenvalue weighted by molar-refractivity contribution is 0.662. The molecule has 0 unspecified atom stereocenters. The van der Waals surface area contributed by atoms with Gasteiger partial charge in [0, 0.05) is 60.8 Å². The molecule has 238 valence electrons. The molecule has 0 atom stereocenters. The number of nitrogens with zero attached hydrogens (tertiary/aromatic N) is 4. The Morgan fingerprint density at radius 1 is 0.431 bits per heavy atom. The van der Waals surface area contributed by atoms with Gasteiger partial charge in [0.15, 0.2) is 17.5 Å². The summed E-state index contributed by atoms with van der Waals surface area (Å²) in [4.78, 5) is 14.1. The van der Waals surface area contributed by atoms with Gasteiger partial charge >= 0.3 is 0 Å². The van der Waals surface area contributed by atoms with Crippen LogP contribution in [0.3, 0.4) is 0 Å². The molecule has 0 spiro atoms. The van der Waals surface area contributed by atoms with E-state index in [0.29, 0.717) is 28.1 Å². The van der Waals surface area contributed by atoms with Crippen LogP contribution in [0.4, 0.5) is 0 Å². The maximum atomic E-state index is 8.62. The van der Waals surface area contributed by atoms with E-state index in [-0.39, 0.29) is 17.2 Å². The van der Waals surface area contributed by atoms with Gasteiger partial charge in [0.1, 0.15) is 22.3 Å². The van der Waals surface area contributed by atoms with Gasteiger partial charge in [-0.1, -0.05) is 103 Å². The van der Waals surface area contributed by atoms with Gasteiger partial charge in [-0.25, -0.2) is 15.0 Å². The Balaban J connectivity index is 1.08. The second kappa shape index (κ2) is 10.7. The van der Waals surface area contributed by atoms with E-state index in [4.69, 9.17) is 25.7 Å². The summed E-state index contributed by atoms with van der Waals surface area (Å²) >= 11 is 0. The Labute approximate surface area is 297 Å². The van der Waals surface area contributed by atoms with Crippen molar-refractivity contribution in [3.05, 3.63) is 158 Å². The zero-order valence-electron chi connectivity index (χ0n) is 31.7. The number of rotatable bonds is 4. The van der Waals surface area contributed by atoms with Crippen LogP contribution in [-0.2, 0) is 0 Å². The maximum Gasteiger partial charge on any atom is 0.164 e. The number of fused-ring (bicyclic) bond motifs is 10. The highest BCUT2D eigenvalue weighted by molar-refractivity contribution is 6.26. The molecule has 11 aromatic rings. The van der Waals surface area contributed by atoms with Crippen LogP contribution in [0, 0.1) is 0 Å². The Morgan fingerprint density at radius 3 is 1.65 bits per heavy atom. The summed E-state index contributed by atoms with van der Waals surface area (Å²) in [5.41, 5.74) is 7.24. The minimum atomic E-state index is -0.486. The van der Waals surface area contributed by atoms with Crippen molar-refractivity contribution in [3.8, 4) is 39.9 Å². The first-order valence-electron chi connectivity index (χ1n) is 19.0. The van der Waals surface area contributed by atoms with Gasteiger partial charge in [0.2, 0.25) is 0 Å². The Kier molecular flexibility index (Phi) is 4.91. The summed E-state index contributed by atoms with van der Waals surface area (Å²) < 4.78 is 57.1. The molecule has 7 aromatic carbocycles. The molecule has 6 nitrogen and oxygen atoms in total. The van der Waals surface area contributed by atoms with Crippen LogP contribution in [0.1, 0.15) is 6.85 Å². The molecule has 11 rings (SSSR count). The lowest BCUT2D eigenvalue weighted by Gasteiger charge is -2.08. The minimum Gasteiger partial charge on any atom is -0.456 e. The van der Waals surface area contributed by atoms with Crippen LogP contribution in [0.2, 0.25) is 0 Å². The minimum absolute atomic E-state index is 0.0255. The molecule has 0 aliphatic rings. The van der Waals surface area contributed by atoms with Gasteiger partial charge < -0.3 is 13.4 Å². The molecule has 0 bridgehead atoms. The van der Waals surface area contributed by atoms with Gasteiger partial charge in [0.25, 0.3) is 0 Å². The number of benzene rings is 7. The molecule has 0 radical (unpaired) electrons. The second-order valence-electron chi connectivity index (χ2n) is 12.4. The highest BCUT2D eigenvalue weighted by Gasteiger charge is 2.20. The molecule has 0 amide bonds. The predicted molar refractivity (Wildman–Crippen MR) is 205 cm³/mol. The Hall–Kier alpha value is -7.05. The molecular weight excluding hydrogens is 629 g/mol. The van der Waals surface area contributed by atoms with Crippen LogP contribution >= 0.6 is 0 Å². The van der Waals surface area contributed by atoms with Gasteiger partial charge in [-0.3, -0.25) is 0 Å². The topological polar surface area (TPSA) is 69.9 Å². The first kappa shape index (κ1) is 23.3. The van der Waals surface area contributed by atoms with Crippen molar-refractivity contribution in [1.82, 2.24) is 19.5 Å². The smallest absolute Gasteiger partial charge is 0.164 e. The van der Waals surface area contributed by atoms with Gasteiger partial charge in [-0.15, -0.1) is 0 Å². The number of furan rings is 2. The molecule has 4 aromatic heterocycles. The molecule has 4 heterocycles. The Bertz CT molecular complexity index is 3360. The van der Waals surface area contributed by atoms with Crippen LogP contribution in [0.15, 0.2) is 166 Å². The molecular formula is C45H26N4O2. The zero-order chi connectivity index (χ0) is 37.8. The van der Waals surface area contributed by atoms with E-state index in [9.17, 15) is 0 Å². The number of para-hydroxylation sites is 2. The van der Waals surface area contributed by atoms with E-state index >= 15 is 0 Å². The molecule has 6 heteroatoms. The van der Waals surface area contributed by atoms with Crippen molar-refractivity contribution >= 4 is 65.7 Å². The number of aromatic nitrogens is 4. The van der Waals surface area contributed by atoms with E-state index in [1.54, 1.807) is 0 Å². The first-order valence-corrected chi connectivity index (χ1v) is 16.5. The molecule has 0 N–H and O–H groups in total. The number of hydrogen-bond donors (Lipinski definition) is 0.